The van der Waals surface area contributed by atoms with E-state index in [2.05, 4.69) is 62.1 Å². The summed E-state index contributed by atoms with van der Waals surface area (Å²) in [5.41, 5.74) is 4.61. The Bertz CT molecular complexity index is 600. The first-order chi connectivity index (χ1) is 8.48. The van der Waals surface area contributed by atoms with Gasteiger partial charge in [0.1, 0.15) is 0 Å². The van der Waals surface area contributed by atoms with Crippen molar-refractivity contribution in [2.75, 3.05) is 0 Å². The fourth-order valence-electron chi connectivity index (χ4n) is 2.72. The summed E-state index contributed by atoms with van der Waals surface area (Å²) in [7, 11) is -1.20. The quantitative estimate of drug-likeness (QED) is 0.613. The first kappa shape index (κ1) is 12.6. The second-order valence-corrected chi connectivity index (χ2v) is 13.0. The Kier molecular flexibility index (Phi) is 2.98. The topological polar surface area (TPSA) is 0 Å². The van der Waals surface area contributed by atoms with Crippen molar-refractivity contribution in [1.29, 1.82) is 0 Å². The summed E-state index contributed by atoms with van der Waals surface area (Å²) in [6.07, 6.45) is 9.01. The van der Waals surface area contributed by atoms with Crippen LogP contribution in [0.25, 0.3) is 3.33 Å². The molecule has 2 aliphatic carbocycles. The number of fused-ring (bicyclic) bond motifs is 3. The summed E-state index contributed by atoms with van der Waals surface area (Å²) in [6.45, 7) is 7.28. The molecule has 0 saturated carbocycles. The van der Waals surface area contributed by atoms with Crippen LogP contribution in [0, 0.1) is 0 Å². The van der Waals surface area contributed by atoms with Crippen LogP contribution in [-0.4, -0.2) is 8.07 Å². The van der Waals surface area contributed by atoms with E-state index < -0.39 is 8.07 Å². The first-order valence-electron chi connectivity index (χ1n) is 6.44. The molecule has 0 spiro atoms. The molecule has 3 rings (SSSR count). The Morgan fingerprint density at radius 1 is 1.11 bits per heavy atom. The van der Waals surface area contributed by atoms with Crippen LogP contribution >= 0.6 is 0 Å². The molecule has 0 heterocycles. The van der Waals surface area contributed by atoms with E-state index in [0.29, 0.717) is 5.92 Å². The number of hydrogen-bond donors (Lipinski definition) is 0. The number of allylic oxidation sites excluding steroid dienone is 5. The molecule has 0 amide bonds. The van der Waals surface area contributed by atoms with Crippen molar-refractivity contribution < 1.29 is 24.4 Å². The molecule has 0 nitrogen and oxygen atoms in total. The maximum atomic E-state index is 2.48. The Hall–Kier alpha value is -0.473. The molecule has 1 aromatic rings. The summed E-state index contributed by atoms with van der Waals surface area (Å²) in [5, 5.41) is 1.59. The predicted molar refractivity (Wildman–Crippen MR) is 77.4 cm³/mol. The van der Waals surface area contributed by atoms with E-state index in [1.165, 1.54) is 11.1 Å². The Morgan fingerprint density at radius 3 is 2.61 bits per heavy atom. The van der Waals surface area contributed by atoms with Crippen LogP contribution in [0.3, 0.4) is 0 Å². The van der Waals surface area contributed by atoms with Crippen molar-refractivity contribution in [2.45, 2.75) is 25.6 Å². The second kappa shape index (κ2) is 4.28. The van der Waals surface area contributed by atoms with Gasteiger partial charge in [0, 0.05) is 0 Å². The van der Waals surface area contributed by atoms with Crippen molar-refractivity contribution in [3.8, 4) is 0 Å². The van der Waals surface area contributed by atoms with Crippen LogP contribution in [0.2, 0.25) is 19.6 Å². The average molecular weight is 416 g/mol. The summed E-state index contributed by atoms with van der Waals surface area (Å²) >= 11 is 1.14. The van der Waals surface area contributed by atoms with E-state index in [0.717, 1.165) is 24.4 Å². The molecule has 0 N–H and O–H groups in total. The summed E-state index contributed by atoms with van der Waals surface area (Å²) in [6, 6.07) is 7.23. The van der Waals surface area contributed by atoms with Gasteiger partial charge >= 0.3 is 126 Å². The van der Waals surface area contributed by atoms with Crippen LogP contribution in [0.4, 0.5) is 0 Å². The van der Waals surface area contributed by atoms with Gasteiger partial charge in [-0.1, -0.05) is 0 Å². The van der Waals surface area contributed by atoms with Crippen LogP contribution in [0.1, 0.15) is 17.0 Å². The SMILES string of the molecule is C[Si](C)(C)c1ccc2c(c1)[C]([Hf])=C1C=CC=CC12. The van der Waals surface area contributed by atoms with E-state index in [1.807, 2.05) is 0 Å². The summed E-state index contributed by atoms with van der Waals surface area (Å²) in [4.78, 5) is 0. The van der Waals surface area contributed by atoms with E-state index in [9.17, 15) is 0 Å². The molecule has 1 unspecified atom stereocenters. The normalized spacial score (nSPS) is 21.1. The average Bonchev–Trinajstić information content (AvgIpc) is 2.63. The molecule has 0 saturated heterocycles. The molecule has 2 aliphatic rings. The standard InChI is InChI=1S/C16H17Si.Hf/c1-17(2,3)14-8-9-16-13(11-14)10-12-6-4-5-7-15(12)16;/h4-9,11,15H,1-3H3;. The summed E-state index contributed by atoms with van der Waals surface area (Å²) in [5.74, 6) is 0.535. The van der Waals surface area contributed by atoms with E-state index in [4.69, 9.17) is 0 Å². The Balaban J connectivity index is 2.18. The molecule has 0 fully saturated rings. The van der Waals surface area contributed by atoms with Gasteiger partial charge < -0.3 is 0 Å². The third kappa shape index (κ3) is 1.90. The van der Waals surface area contributed by atoms with Gasteiger partial charge in [-0.15, -0.1) is 0 Å². The third-order valence-electron chi connectivity index (χ3n) is 3.84. The van der Waals surface area contributed by atoms with Gasteiger partial charge in [-0.3, -0.25) is 0 Å². The van der Waals surface area contributed by atoms with Crippen molar-refractivity contribution in [3.05, 3.63) is 59.2 Å². The molecule has 1 atom stereocenters. The number of rotatable bonds is 1. The molecule has 0 bridgehead atoms. The van der Waals surface area contributed by atoms with Gasteiger partial charge in [-0.05, 0) is 0 Å². The van der Waals surface area contributed by atoms with Crippen molar-refractivity contribution in [3.63, 3.8) is 0 Å². The van der Waals surface area contributed by atoms with Crippen molar-refractivity contribution in [2.24, 2.45) is 0 Å². The minimum atomic E-state index is -1.20. The fourth-order valence-corrected chi connectivity index (χ4v) is 5.51. The molecular formula is C16H17HfSi. The van der Waals surface area contributed by atoms with Gasteiger partial charge in [0.05, 0.1) is 0 Å². The van der Waals surface area contributed by atoms with E-state index in [1.54, 1.807) is 14.1 Å². The van der Waals surface area contributed by atoms with Crippen LogP contribution in [-0.2, 0) is 24.4 Å². The zero-order valence-electron chi connectivity index (χ0n) is 11.1. The molecule has 1 aromatic carbocycles. The second-order valence-electron chi connectivity index (χ2n) is 6.10. The monoisotopic (exact) mass is 417 g/mol. The van der Waals surface area contributed by atoms with Gasteiger partial charge in [-0.25, -0.2) is 0 Å². The van der Waals surface area contributed by atoms with Gasteiger partial charge in [0.25, 0.3) is 0 Å². The zero-order chi connectivity index (χ0) is 12.9. The molecule has 0 radical (unpaired) electrons. The molecule has 89 valence electrons. The Labute approximate surface area is 125 Å². The fraction of sp³-hybridized carbons (Fsp3) is 0.250. The van der Waals surface area contributed by atoms with Crippen molar-refractivity contribution >= 4 is 16.6 Å². The maximum absolute atomic E-state index is 2.48. The molecule has 18 heavy (non-hydrogen) atoms. The first-order valence-corrected chi connectivity index (χ1v) is 11.7. The number of hydrogen-bond acceptors (Lipinski definition) is 0. The van der Waals surface area contributed by atoms with E-state index >= 15 is 0 Å². The van der Waals surface area contributed by atoms with E-state index in [-0.39, 0.29) is 0 Å². The molecule has 0 aromatic heterocycles. The van der Waals surface area contributed by atoms with Gasteiger partial charge in [0.2, 0.25) is 0 Å². The van der Waals surface area contributed by atoms with Crippen LogP contribution in [0.15, 0.2) is 48.1 Å². The summed E-state index contributed by atoms with van der Waals surface area (Å²) < 4.78 is 1.61. The zero-order valence-corrected chi connectivity index (χ0v) is 15.7. The Morgan fingerprint density at radius 2 is 1.89 bits per heavy atom. The predicted octanol–water partition coefficient (Wildman–Crippen LogP) is 3.71. The molecule has 0 aliphatic heterocycles. The molecule has 2 heteroatoms. The third-order valence-corrected chi connectivity index (χ3v) is 7.89. The minimum absolute atomic E-state index is 0.535. The molecular weight excluding hydrogens is 399 g/mol. The number of benzene rings is 1. The van der Waals surface area contributed by atoms with Crippen LogP contribution < -0.4 is 5.19 Å². The van der Waals surface area contributed by atoms with Gasteiger partial charge in [-0.2, -0.15) is 0 Å². The van der Waals surface area contributed by atoms with Crippen molar-refractivity contribution in [1.82, 2.24) is 0 Å². The van der Waals surface area contributed by atoms with Crippen LogP contribution in [0.5, 0.6) is 0 Å². The van der Waals surface area contributed by atoms with Gasteiger partial charge in [0.15, 0.2) is 0 Å².